The minimum absolute atomic E-state index is 0.0210. The van der Waals surface area contributed by atoms with Crippen LogP contribution in [0.5, 0.6) is 11.5 Å². The topological polar surface area (TPSA) is 79.1 Å². The molecule has 0 saturated carbocycles. The second kappa shape index (κ2) is 6.88. The Labute approximate surface area is 158 Å². The van der Waals surface area contributed by atoms with Crippen LogP contribution >= 0.6 is 11.3 Å². The van der Waals surface area contributed by atoms with Crippen LogP contribution in [0.25, 0.3) is 10.2 Å². The van der Waals surface area contributed by atoms with Gasteiger partial charge in [0.1, 0.15) is 6.54 Å². The average molecular weight is 384 g/mol. The van der Waals surface area contributed by atoms with Gasteiger partial charge >= 0.3 is 5.97 Å². The number of benzene rings is 2. The third kappa shape index (κ3) is 3.31. The average Bonchev–Trinajstić information content (AvgIpc) is 3.25. The predicted octanol–water partition coefficient (Wildman–Crippen LogP) is 2.65. The number of rotatable bonds is 3. The lowest BCUT2D eigenvalue weighted by molar-refractivity contribution is -0.141. The van der Waals surface area contributed by atoms with Gasteiger partial charge in [0.2, 0.25) is 6.79 Å². The van der Waals surface area contributed by atoms with E-state index in [0.29, 0.717) is 21.9 Å². The molecule has 138 valence electrons. The molecule has 0 atom stereocenters. The summed E-state index contributed by atoms with van der Waals surface area (Å²) in [4.78, 5) is 29.2. The largest absolute Gasteiger partial charge is 0.468 e. The van der Waals surface area contributed by atoms with E-state index in [4.69, 9.17) is 14.2 Å². The number of aryl methyl sites for hydroxylation is 1. The number of amides is 1. The molecule has 0 N–H and O–H groups in total. The molecule has 0 aliphatic carbocycles. The Balaban J connectivity index is 1.80. The van der Waals surface area contributed by atoms with Gasteiger partial charge in [-0.1, -0.05) is 17.4 Å². The fraction of sp³-hybridized carbons (Fsp3) is 0.211. The lowest BCUT2D eigenvalue weighted by Gasteiger charge is -2.04. The van der Waals surface area contributed by atoms with Gasteiger partial charge in [-0.05, 0) is 42.8 Å². The van der Waals surface area contributed by atoms with Gasteiger partial charge in [0, 0.05) is 5.56 Å². The number of ether oxygens (including phenoxy) is 3. The summed E-state index contributed by atoms with van der Waals surface area (Å²) in [5.41, 5.74) is 2.30. The fourth-order valence-electron chi connectivity index (χ4n) is 2.79. The number of thiazole rings is 1. The minimum Gasteiger partial charge on any atom is -0.468 e. The van der Waals surface area contributed by atoms with Gasteiger partial charge in [-0.2, -0.15) is 4.99 Å². The van der Waals surface area contributed by atoms with Crippen molar-refractivity contribution < 1.29 is 23.8 Å². The highest BCUT2D eigenvalue weighted by Crippen LogP contribution is 2.32. The molecule has 0 unspecified atom stereocenters. The van der Waals surface area contributed by atoms with Crippen LogP contribution in [0.1, 0.15) is 15.9 Å². The summed E-state index contributed by atoms with van der Waals surface area (Å²) in [5, 5.41) is 0. The first-order chi connectivity index (χ1) is 13.0. The number of nitrogens with zero attached hydrogens (tertiary/aromatic N) is 2. The summed E-state index contributed by atoms with van der Waals surface area (Å²) in [6.07, 6.45) is 0. The maximum Gasteiger partial charge on any atom is 0.325 e. The number of fused-ring (bicyclic) bond motifs is 2. The van der Waals surface area contributed by atoms with Crippen molar-refractivity contribution in [2.24, 2.45) is 4.99 Å². The molecule has 3 aromatic rings. The van der Waals surface area contributed by atoms with Crippen molar-refractivity contribution >= 4 is 33.4 Å². The molecule has 27 heavy (non-hydrogen) atoms. The number of carbonyl (C=O) groups is 2. The van der Waals surface area contributed by atoms with Gasteiger partial charge in [-0.3, -0.25) is 9.59 Å². The van der Waals surface area contributed by atoms with Crippen LogP contribution < -0.4 is 14.3 Å². The van der Waals surface area contributed by atoms with Crippen molar-refractivity contribution in [1.82, 2.24) is 4.57 Å². The van der Waals surface area contributed by atoms with Gasteiger partial charge in [0.15, 0.2) is 16.3 Å². The Bertz CT molecular complexity index is 1130. The molecule has 2 heterocycles. The molecule has 1 aromatic heterocycles. The molecule has 7 nitrogen and oxygen atoms in total. The number of hydrogen-bond acceptors (Lipinski definition) is 6. The van der Waals surface area contributed by atoms with Crippen LogP contribution in [0.2, 0.25) is 0 Å². The Morgan fingerprint density at radius 1 is 1.19 bits per heavy atom. The van der Waals surface area contributed by atoms with Gasteiger partial charge in [-0.25, -0.2) is 0 Å². The lowest BCUT2D eigenvalue weighted by Crippen LogP contribution is -2.22. The van der Waals surface area contributed by atoms with E-state index >= 15 is 0 Å². The smallest absolute Gasteiger partial charge is 0.325 e. The quantitative estimate of drug-likeness (QED) is 0.649. The molecule has 4 rings (SSSR count). The molecule has 2 aromatic carbocycles. The van der Waals surface area contributed by atoms with Crippen molar-refractivity contribution in [3.8, 4) is 11.5 Å². The first-order valence-electron chi connectivity index (χ1n) is 8.20. The summed E-state index contributed by atoms with van der Waals surface area (Å²) in [6, 6.07) is 10.8. The first kappa shape index (κ1) is 17.3. The van der Waals surface area contributed by atoms with E-state index in [1.54, 1.807) is 22.8 Å². The van der Waals surface area contributed by atoms with Gasteiger partial charge in [0.25, 0.3) is 5.91 Å². The monoisotopic (exact) mass is 384 g/mol. The van der Waals surface area contributed by atoms with Gasteiger partial charge < -0.3 is 18.8 Å². The Morgan fingerprint density at radius 2 is 2.00 bits per heavy atom. The molecule has 1 amide bonds. The second-order valence-electron chi connectivity index (χ2n) is 6.00. The van der Waals surface area contributed by atoms with Crippen LogP contribution in [0.4, 0.5) is 0 Å². The van der Waals surface area contributed by atoms with Crippen LogP contribution in [0.3, 0.4) is 0 Å². The highest BCUT2D eigenvalue weighted by molar-refractivity contribution is 7.16. The highest BCUT2D eigenvalue weighted by atomic mass is 32.1. The molecular formula is C19H16N2O5S. The lowest BCUT2D eigenvalue weighted by atomic mass is 10.2. The summed E-state index contributed by atoms with van der Waals surface area (Å²) in [7, 11) is 1.33. The summed E-state index contributed by atoms with van der Waals surface area (Å²) in [6.45, 7) is 2.10. The number of esters is 1. The van der Waals surface area contributed by atoms with Crippen molar-refractivity contribution in [3.05, 3.63) is 52.3 Å². The Morgan fingerprint density at radius 3 is 2.81 bits per heavy atom. The van der Waals surface area contributed by atoms with E-state index in [1.165, 1.54) is 18.4 Å². The van der Waals surface area contributed by atoms with Gasteiger partial charge in [0.05, 0.1) is 17.3 Å². The minimum atomic E-state index is -0.421. The SMILES string of the molecule is COC(=O)Cn1c(=NC(=O)c2ccc3c(c2)OCO3)sc2cc(C)ccc21. The van der Waals surface area contributed by atoms with E-state index < -0.39 is 11.9 Å². The predicted molar refractivity (Wildman–Crippen MR) is 99.0 cm³/mol. The molecule has 0 spiro atoms. The van der Waals surface area contributed by atoms with Crippen LogP contribution in [-0.4, -0.2) is 30.3 Å². The molecule has 1 aliphatic heterocycles. The second-order valence-corrected chi connectivity index (χ2v) is 7.01. The van der Waals surface area contributed by atoms with Gasteiger partial charge in [-0.15, -0.1) is 0 Å². The number of carbonyl (C=O) groups excluding carboxylic acids is 2. The van der Waals surface area contributed by atoms with E-state index in [9.17, 15) is 9.59 Å². The van der Waals surface area contributed by atoms with Crippen LogP contribution in [-0.2, 0) is 16.1 Å². The van der Waals surface area contributed by atoms with E-state index in [1.807, 2.05) is 25.1 Å². The Hall–Kier alpha value is -3.13. The van der Waals surface area contributed by atoms with Crippen molar-refractivity contribution in [3.63, 3.8) is 0 Å². The maximum absolute atomic E-state index is 12.7. The maximum atomic E-state index is 12.7. The first-order valence-corrected chi connectivity index (χ1v) is 9.02. The molecule has 0 fully saturated rings. The third-order valence-corrected chi connectivity index (χ3v) is 5.21. The molecular weight excluding hydrogens is 368 g/mol. The zero-order valence-corrected chi connectivity index (χ0v) is 15.5. The molecule has 8 heteroatoms. The number of aromatic nitrogens is 1. The highest BCUT2D eigenvalue weighted by Gasteiger charge is 2.17. The van der Waals surface area contributed by atoms with Crippen molar-refractivity contribution in [2.45, 2.75) is 13.5 Å². The zero-order valence-electron chi connectivity index (χ0n) is 14.7. The van der Waals surface area contributed by atoms with E-state index in [0.717, 1.165) is 15.8 Å². The number of methoxy groups -OCH3 is 1. The zero-order chi connectivity index (χ0) is 19.0. The number of hydrogen-bond donors (Lipinski definition) is 0. The third-order valence-electron chi connectivity index (χ3n) is 4.17. The van der Waals surface area contributed by atoms with E-state index in [2.05, 4.69) is 4.99 Å². The molecule has 0 bridgehead atoms. The standard InChI is InChI=1S/C19H16N2O5S/c1-11-3-5-13-16(7-11)27-19(21(13)9-17(22)24-2)20-18(23)12-4-6-14-15(8-12)26-10-25-14/h3-8H,9-10H2,1-2H3. The summed E-state index contributed by atoms with van der Waals surface area (Å²) in [5.74, 6) is 0.289. The fourth-order valence-corrected chi connectivity index (χ4v) is 3.92. The molecule has 0 radical (unpaired) electrons. The van der Waals surface area contributed by atoms with Crippen LogP contribution in [0, 0.1) is 6.92 Å². The van der Waals surface area contributed by atoms with Crippen molar-refractivity contribution in [2.75, 3.05) is 13.9 Å². The normalized spacial score (nSPS) is 13.2. The summed E-state index contributed by atoms with van der Waals surface area (Å²) >= 11 is 1.35. The van der Waals surface area contributed by atoms with Crippen molar-refractivity contribution in [1.29, 1.82) is 0 Å². The molecule has 0 saturated heterocycles. The van der Waals surface area contributed by atoms with E-state index in [-0.39, 0.29) is 13.3 Å². The summed E-state index contributed by atoms with van der Waals surface area (Å²) < 4.78 is 18.0. The van der Waals surface area contributed by atoms with Crippen LogP contribution in [0.15, 0.2) is 41.4 Å². The Kier molecular flexibility index (Phi) is 4.41. The molecule has 1 aliphatic rings.